The Hall–Kier alpha value is -2.64. The van der Waals surface area contributed by atoms with Crippen molar-refractivity contribution in [3.8, 4) is 0 Å². The van der Waals surface area contributed by atoms with Crippen molar-refractivity contribution in [2.75, 3.05) is 11.1 Å². The summed E-state index contributed by atoms with van der Waals surface area (Å²) in [6.07, 6.45) is 1.59. The normalized spacial score (nSPS) is 10.8. The second kappa shape index (κ2) is 8.58. The molecule has 0 saturated carbocycles. The number of anilines is 1. The number of carbonyl (C=O) groups excluding carboxylic acids is 1. The third kappa shape index (κ3) is 4.43. The van der Waals surface area contributed by atoms with Crippen molar-refractivity contribution in [2.24, 2.45) is 0 Å². The number of thioether (sulfide) groups is 1. The van der Waals surface area contributed by atoms with Gasteiger partial charge in [-0.05, 0) is 42.8 Å². The molecule has 0 radical (unpaired) electrons. The lowest BCUT2D eigenvalue weighted by Gasteiger charge is -2.12. The van der Waals surface area contributed by atoms with E-state index in [1.807, 2.05) is 0 Å². The highest BCUT2D eigenvalue weighted by atomic mass is 35.5. The molecule has 3 aromatic rings. The summed E-state index contributed by atoms with van der Waals surface area (Å²) >= 11 is 7.11. The molecule has 5 nitrogen and oxygen atoms in total. The number of aromatic nitrogens is 2. The zero-order chi connectivity index (χ0) is 20.3. The van der Waals surface area contributed by atoms with Gasteiger partial charge in [0, 0.05) is 17.3 Å². The summed E-state index contributed by atoms with van der Waals surface area (Å²) in [4.78, 5) is 29.4. The number of halogens is 2. The lowest BCUT2D eigenvalue weighted by Crippen LogP contribution is -2.23. The van der Waals surface area contributed by atoms with Gasteiger partial charge in [0.05, 0.1) is 16.7 Å². The van der Waals surface area contributed by atoms with E-state index in [2.05, 4.69) is 16.9 Å². The Balaban J connectivity index is 1.83. The topological polar surface area (TPSA) is 64.0 Å². The first-order chi connectivity index (χ1) is 13.4. The van der Waals surface area contributed by atoms with Crippen LogP contribution in [-0.2, 0) is 11.3 Å². The van der Waals surface area contributed by atoms with Crippen molar-refractivity contribution < 1.29 is 9.18 Å². The van der Waals surface area contributed by atoms with Crippen LogP contribution in [0.25, 0.3) is 10.9 Å². The van der Waals surface area contributed by atoms with E-state index in [1.54, 1.807) is 43.3 Å². The minimum absolute atomic E-state index is 0.00511. The van der Waals surface area contributed by atoms with Crippen molar-refractivity contribution in [2.45, 2.75) is 18.6 Å². The van der Waals surface area contributed by atoms with Crippen LogP contribution in [0.1, 0.15) is 5.56 Å². The molecule has 28 heavy (non-hydrogen) atoms. The average Bonchev–Trinajstić information content (AvgIpc) is 2.65. The summed E-state index contributed by atoms with van der Waals surface area (Å²) in [5.41, 5.74) is 1.10. The van der Waals surface area contributed by atoms with Gasteiger partial charge in [0.25, 0.3) is 5.56 Å². The van der Waals surface area contributed by atoms with Crippen LogP contribution in [0.5, 0.6) is 0 Å². The average molecular weight is 418 g/mol. The molecule has 8 heteroatoms. The van der Waals surface area contributed by atoms with Crippen molar-refractivity contribution in [1.29, 1.82) is 0 Å². The fourth-order valence-corrected chi connectivity index (χ4v) is 3.55. The number of hydrogen-bond acceptors (Lipinski definition) is 4. The first-order valence-electron chi connectivity index (χ1n) is 8.39. The van der Waals surface area contributed by atoms with Crippen molar-refractivity contribution in [1.82, 2.24) is 9.55 Å². The van der Waals surface area contributed by atoms with Gasteiger partial charge in [-0.3, -0.25) is 14.2 Å². The highest BCUT2D eigenvalue weighted by molar-refractivity contribution is 7.99. The maximum absolute atomic E-state index is 13.6. The van der Waals surface area contributed by atoms with E-state index in [0.717, 1.165) is 11.8 Å². The summed E-state index contributed by atoms with van der Waals surface area (Å²) in [6.45, 7) is 5.57. The molecule has 0 aliphatic carbocycles. The van der Waals surface area contributed by atoms with Crippen LogP contribution in [0.3, 0.4) is 0 Å². The number of aryl methyl sites for hydroxylation is 1. The molecule has 0 fully saturated rings. The van der Waals surface area contributed by atoms with Crippen LogP contribution in [0.2, 0.25) is 5.02 Å². The Kier molecular flexibility index (Phi) is 6.16. The maximum Gasteiger partial charge on any atom is 0.262 e. The molecule has 0 unspecified atom stereocenters. The molecule has 0 spiro atoms. The summed E-state index contributed by atoms with van der Waals surface area (Å²) < 4.78 is 15.1. The molecule has 144 valence electrons. The molecule has 1 aromatic heterocycles. The Labute approximate surface area is 170 Å². The highest BCUT2D eigenvalue weighted by Crippen LogP contribution is 2.21. The third-order valence-corrected chi connectivity index (χ3v) is 5.19. The van der Waals surface area contributed by atoms with E-state index >= 15 is 0 Å². The number of nitrogens with zero attached hydrogens (tertiary/aromatic N) is 2. The van der Waals surface area contributed by atoms with E-state index in [4.69, 9.17) is 11.6 Å². The van der Waals surface area contributed by atoms with Crippen molar-refractivity contribution in [3.63, 3.8) is 0 Å². The summed E-state index contributed by atoms with van der Waals surface area (Å²) in [5.74, 6) is -0.720. The molecule has 3 rings (SSSR count). The third-order valence-electron chi connectivity index (χ3n) is 3.98. The van der Waals surface area contributed by atoms with E-state index < -0.39 is 5.82 Å². The molecule has 0 atom stereocenters. The summed E-state index contributed by atoms with van der Waals surface area (Å²) in [7, 11) is 0. The number of nitrogens with one attached hydrogen (secondary N) is 1. The van der Waals surface area contributed by atoms with Crippen LogP contribution >= 0.6 is 23.4 Å². The molecule has 1 N–H and O–H groups in total. The summed E-state index contributed by atoms with van der Waals surface area (Å²) in [5, 5.41) is 3.92. The smallest absolute Gasteiger partial charge is 0.262 e. The van der Waals surface area contributed by atoms with Gasteiger partial charge in [-0.2, -0.15) is 0 Å². The van der Waals surface area contributed by atoms with E-state index in [9.17, 15) is 14.0 Å². The van der Waals surface area contributed by atoms with Gasteiger partial charge >= 0.3 is 0 Å². The number of fused-ring (bicyclic) bond motifs is 1. The van der Waals surface area contributed by atoms with E-state index in [-0.39, 0.29) is 23.8 Å². The second-order valence-corrected chi connectivity index (χ2v) is 7.44. The van der Waals surface area contributed by atoms with Crippen LogP contribution in [0.15, 0.2) is 59.0 Å². The SMILES string of the molecule is C=CCn1c(SCC(=O)Nc2ccc(C)c(F)c2)nc2cc(Cl)ccc2c1=O. The standard InChI is InChI=1S/C20H17ClFN3O2S/c1-3-8-25-19(27)15-7-5-13(21)9-17(15)24-20(25)28-11-18(26)23-14-6-4-12(2)16(22)10-14/h3-7,9-10H,1,8,11H2,2H3,(H,23,26). The Morgan fingerprint density at radius 3 is 2.86 bits per heavy atom. The quantitative estimate of drug-likeness (QED) is 0.366. The number of amides is 1. The van der Waals surface area contributed by atoms with Crippen LogP contribution in [0, 0.1) is 12.7 Å². The number of benzene rings is 2. The summed E-state index contributed by atoms with van der Waals surface area (Å²) in [6, 6.07) is 9.35. The second-order valence-electron chi connectivity index (χ2n) is 6.06. The Morgan fingerprint density at radius 1 is 1.36 bits per heavy atom. The number of rotatable bonds is 6. The predicted octanol–water partition coefficient (Wildman–Crippen LogP) is 4.41. The van der Waals surface area contributed by atoms with Crippen LogP contribution in [0.4, 0.5) is 10.1 Å². The Morgan fingerprint density at radius 2 is 2.14 bits per heavy atom. The number of allylic oxidation sites excluding steroid dienone is 1. The fraction of sp³-hybridized carbons (Fsp3) is 0.150. The zero-order valence-corrected chi connectivity index (χ0v) is 16.6. The van der Waals surface area contributed by atoms with Gasteiger partial charge in [0.2, 0.25) is 5.91 Å². The molecule has 0 aliphatic heterocycles. The molecule has 0 aliphatic rings. The number of hydrogen-bond donors (Lipinski definition) is 1. The van der Waals surface area contributed by atoms with E-state index in [0.29, 0.717) is 32.3 Å². The van der Waals surface area contributed by atoms with Gasteiger partial charge in [0.1, 0.15) is 5.82 Å². The minimum atomic E-state index is -0.390. The lowest BCUT2D eigenvalue weighted by atomic mass is 10.2. The molecular weight excluding hydrogens is 401 g/mol. The number of carbonyl (C=O) groups is 1. The van der Waals surface area contributed by atoms with Crippen LogP contribution < -0.4 is 10.9 Å². The lowest BCUT2D eigenvalue weighted by molar-refractivity contribution is -0.113. The molecule has 2 aromatic carbocycles. The van der Waals surface area contributed by atoms with Gasteiger partial charge < -0.3 is 5.32 Å². The molecule has 0 saturated heterocycles. The van der Waals surface area contributed by atoms with Gasteiger partial charge in [-0.1, -0.05) is 35.5 Å². The molecule has 1 amide bonds. The van der Waals surface area contributed by atoms with E-state index in [1.165, 1.54) is 10.6 Å². The van der Waals surface area contributed by atoms with Gasteiger partial charge in [-0.25, -0.2) is 9.37 Å². The van der Waals surface area contributed by atoms with Gasteiger partial charge in [0.15, 0.2) is 5.16 Å². The minimum Gasteiger partial charge on any atom is -0.325 e. The van der Waals surface area contributed by atoms with Crippen molar-refractivity contribution >= 4 is 45.9 Å². The molecule has 0 bridgehead atoms. The highest BCUT2D eigenvalue weighted by Gasteiger charge is 2.13. The first kappa shape index (κ1) is 20.1. The maximum atomic E-state index is 13.6. The molecule has 1 heterocycles. The first-order valence-corrected chi connectivity index (χ1v) is 9.75. The largest absolute Gasteiger partial charge is 0.325 e. The van der Waals surface area contributed by atoms with Crippen LogP contribution in [-0.4, -0.2) is 21.2 Å². The zero-order valence-electron chi connectivity index (χ0n) is 15.0. The molecular formula is C20H17ClFN3O2S. The van der Waals surface area contributed by atoms with Gasteiger partial charge in [-0.15, -0.1) is 6.58 Å². The Bertz CT molecular complexity index is 1130. The fourth-order valence-electron chi connectivity index (χ4n) is 2.57. The van der Waals surface area contributed by atoms with Crippen molar-refractivity contribution in [3.05, 3.63) is 75.8 Å². The predicted molar refractivity (Wildman–Crippen MR) is 112 cm³/mol. The monoisotopic (exact) mass is 417 g/mol.